The Kier molecular flexibility index (Phi) is 5.89. The first-order valence-corrected chi connectivity index (χ1v) is 10.2. The largest absolute Gasteiger partial charge is 0.508 e. The van der Waals surface area contributed by atoms with Gasteiger partial charge in [0.1, 0.15) is 17.3 Å². The number of amides is 1. The number of hydrogen-bond donors (Lipinski definition) is 2. The molecule has 0 saturated carbocycles. The van der Waals surface area contributed by atoms with E-state index in [4.69, 9.17) is 4.74 Å². The van der Waals surface area contributed by atoms with Gasteiger partial charge in [-0.1, -0.05) is 18.2 Å². The number of hydrogen-bond acceptors (Lipinski definition) is 6. The lowest BCUT2D eigenvalue weighted by atomic mass is 9.95. The second-order valence-electron chi connectivity index (χ2n) is 7.34. The number of nitrogens with zero attached hydrogens (tertiary/aromatic N) is 2. The van der Waals surface area contributed by atoms with Crippen molar-refractivity contribution in [3.05, 3.63) is 95.3 Å². The molecule has 1 aliphatic rings. The molecule has 1 fully saturated rings. The number of aromatic nitrogens is 1. The van der Waals surface area contributed by atoms with Crippen LogP contribution in [0.1, 0.15) is 29.7 Å². The predicted molar refractivity (Wildman–Crippen MR) is 118 cm³/mol. The zero-order chi connectivity index (χ0) is 22.7. The number of aliphatic hydroxyl groups excluding tert-OH is 1. The molecular weight excluding hydrogens is 408 g/mol. The Morgan fingerprint density at radius 3 is 2.53 bits per heavy atom. The van der Waals surface area contributed by atoms with E-state index in [0.29, 0.717) is 23.5 Å². The van der Waals surface area contributed by atoms with Crippen molar-refractivity contribution in [2.45, 2.75) is 19.5 Å². The third-order valence-corrected chi connectivity index (χ3v) is 5.24. The molecule has 162 valence electrons. The van der Waals surface area contributed by atoms with Crippen LogP contribution >= 0.6 is 0 Å². The molecule has 1 aliphatic heterocycles. The Morgan fingerprint density at radius 2 is 1.88 bits per heavy atom. The molecule has 1 aromatic heterocycles. The number of aliphatic hydroxyl groups is 1. The summed E-state index contributed by atoms with van der Waals surface area (Å²) in [4.78, 5) is 31.5. The SMILES string of the molecule is CCOc1ccc(/C(O)=C2/C(=O)C(=O)N(Cc3cccnc3)C2c2cccc(O)c2)cc1. The van der Waals surface area contributed by atoms with Crippen molar-refractivity contribution in [3.8, 4) is 11.5 Å². The van der Waals surface area contributed by atoms with Crippen LogP contribution in [0.5, 0.6) is 11.5 Å². The van der Waals surface area contributed by atoms with Gasteiger partial charge in [-0.3, -0.25) is 14.6 Å². The zero-order valence-electron chi connectivity index (χ0n) is 17.4. The third-order valence-electron chi connectivity index (χ3n) is 5.24. The molecule has 1 saturated heterocycles. The van der Waals surface area contributed by atoms with Gasteiger partial charge < -0.3 is 19.8 Å². The molecule has 1 unspecified atom stereocenters. The van der Waals surface area contributed by atoms with E-state index in [2.05, 4.69) is 4.98 Å². The fraction of sp³-hybridized carbons (Fsp3) is 0.160. The summed E-state index contributed by atoms with van der Waals surface area (Å²) in [5.41, 5.74) is 1.60. The first-order chi connectivity index (χ1) is 15.5. The van der Waals surface area contributed by atoms with Crippen LogP contribution in [0.4, 0.5) is 0 Å². The predicted octanol–water partition coefficient (Wildman–Crippen LogP) is 3.81. The highest BCUT2D eigenvalue weighted by atomic mass is 16.5. The lowest BCUT2D eigenvalue weighted by Gasteiger charge is -2.25. The van der Waals surface area contributed by atoms with Gasteiger partial charge in [0.05, 0.1) is 18.2 Å². The summed E-state index contributed by atoms with van der Waals surface area (Å²) in [7, 11) is 0. The van der Waals surface area contributed by atoms with E-state index in [1.54, 1.807) is 60.9 Å². The quantitative estimate of drug-likeness (QED) is 0.350. The van der Waals surface area contributed by atoms with Crippen molar-refractivity contribution in [2.24, 2.45) is 0 Å². The van der Waals surface area contributed by atoms with Crippen LogP contribution in [0, 0.1) is 0 Å². The van der Waals surface area contributed by atoms with Crippen LogP contribution in [-0.4, -0.2) is 38.4 Å². The molecule has 2 aromatic carbocycles. The van der Waals surface area contributed by atoms with E-state index in [1.165, 1.54) is 17.0 Å². The molecule has 0 radical (unpaired) electrons. The van der Waals surface area contributed by atoms with Crippen molar-refractivity contribution >= 4 is 17.4 Å². The van der Waals surface area contributed by atoms with Gasteiger partial charge in [0.25, 0.3) is 11.7 Å². The topological polar surface area (TPSA) is 100.0 Å². The highest BCUT2D eigenvalue weighted by molar-refractivity contribution is 6.46. The van der Waals surface area contributed by atoms with E-state index in [0.717, 1.165) is 5.56 Å². The average molecular weight is 430 g/mol. The number of ether oxygens (including phenoxy) is 1. The second kappa shape index (κ2) is 8.93. The van der Waals surface area contributed by atoms with Crippen LogP contribution in [0.2, 0.25) is 0 Å². The van der Waals surface area contributed by atoms with E-state index in [9.17, 15) is 19.8 Å². The number of pyridine rings is 1. The molecule has 4 rings (SSSR count). The van der Waals surface area contributed by atoms with Crippen LogP contribution in [0.15, 0.2) is 78.6 Å². The molecule has 7 heteroatoms. The second-order valence-corrected chi connectivity index (χ2v) is 7.34. The fourth-order valence-corrected chi connectivity index (χ4v) is 3.80. The smallest absolute Gasteiger partial charge is 0.295 e. The molecule has 1 atom stereocenters. The molecule has 0 spiro atoms. The maximum Gasteiger partial charge on any atom is 0.295 e. The van der Waals surface area contributed by atoms with E-state index >= 15 is 0 Å². The number of rotatable bonds is 6. The van der Waals surface area contributed by atoms with Crippen molar-refractivity contribution in [1.29, 1.82) is 0 Å². The first-order valence-electron chi connectivity index (χ1n) is 10.2. The average Bonchev–Trinajstić information content (AvgIpc) is 3.05. The van der Waals surface area contributed by atoms with E-state index in [1.807, 2.05) is 6.92 Å². The number of aromatic hydroxyl groups is 1. The minimum absolute atomic E-state index is 0.00414. The number of benzene rings is 2. The summed E-state index contributed by atoms with van der Waals surface area (Å²) in [6.07, 6.45) is 3.24. The zero-order valence-corrected chi connectivity index (χ0v) is 17.4. The molecule has 0 bridgehead atoms. The van der Waals surface area contributed by atoms with Gasteiger partial charge in [0.2, 0.25) is 0 Å². The molecule has 7 nitrogen and oxygen atoms in total. The van der Waals surface area contributed by atoms with E-state index < -0.39 is 17.7 Å². The summed E-state index contributed by atoms with van der Waals surface area (Å²) in [5, 5.41) is 21.1. The van der Waals surface area contributed by atoms with Gasteiger partial charge in [0, 0.05) is 24.5 Å². The maximum absolute atomic E-state index is 13.0. The Bertz CT molecular complexity index is 1170. The van der Waals surface area contributed by atoms with E-state index in [-0.39, 0.29) is 23.6 Å². The van der Waals surface area contributed by atoms with Crippen molar-refractivity contribution in [1.82, 2.24) is 9.88 Å². The molecule has 2 heterocycles. The summed E-state index contributed by atoms with van der Waals surface area (Å²) >= 11 is 0. The van der Waals surface area contributed by atoms with Crippen LogP contribution < -0.4 is 4.74 Å². The highest BCUT2D eigenvalue weighted by Gasteiger charge is 2.46. The Morgan fingerprint density at radius 1 is 1.09 bits per heavy atom. The third kappa shape index (κ3) is 4.05. The molecule has 1 amide bonds. The van der Waals surface area contributed by atoms with Gasteiger partial charge in [-0.05, 0) is 60.5 Å². The summed E-state index contributed by atoms with van der Waals surface area (Å²) in [5.74, 6) is -1.17. The minimum Gasteiger partial charge on any atom is -0.508 e. The lowest BCUT2D eigenvalue weighted by Crippen LogP contribution is -2.29. The minimum atomic E-state index is -0.867. The number of likely N-dealkylation sites (tertiary alicyclic amines) is 1. The molecule has 2 N–H and O–H groups in total. The number of carbonyl (C=O) groups is 2. The number of phenolic OH excluding ortho intramolecular Hbond substituents is 1. The fourth-order valence-electron chi connectivity index (χ4n) is 3.80. The Labute approximate surface area is 185 Å². The molecule has 3 aromatic rings. The van der Waals surface area contributed by atoms with Gasteiger partial charge in [0.15, 0.2) is 0 Å². The Balaban J connectivity index is 1.82. The maximum atomic E-state index is 13.0. The van der Waals surface area contributed by atoms with Crippen LogP contribution in [0.3, 0.4) is 0 Å². The summed E-state index contributed by atoms with van der Waals surface area (Å²) in [6.45, 7) is 2.49. The van der Waals surface area contributed by atoms with Gasteiger partial charge >= 0.3 is 0 Å². The van der Waals surface area contributed by atoms with Crippen molar-refractivity contribution in [3.63, 3.8) is 0 Å². The molecule has 0 aliphatic carbocycles. The normalized spacial score (nSPS) is 17.5. The van der Waals surface area contributed by atoms with Crippen molar-refractivity contribution in [2.75, 3.05) is 6.61 Å². The summed E-state index contributed by atoms with van der Waals surface area (Å²) in [6, 6.07) is 15.6. The lowest BCUT2D eigenvalue weighted by molar-refractivity contribution is -0.140. The Hall–Kier alpha value is -4.13. The van der Waals surface area contributed by atoms with Gasteiger partial charge in [-0.2, -0.15) is 0 Å². The molecule has 32 heavy (non-hydrogen) atoms. The number of carbonyl (C=O) groups excluding carboxylic acids is 2. The highest BCUT2D eigenvalue weighted by Crippen LogP contribution is 2.41. The van der Waals surface area contributed by atoms with Crippen molar-refractivity contribution < 1.29 is 24.5 Å². The number of phenols is 1. The standard InChI is InChI=1S/C25H22N2O5/c1-2-32-20-10-8-17(9-11-20)23(29)21-22(18-6-3-7-19(28)13-18)27(25(31)24(21)30)15-16-5-4-12-26-14-16/h3-14,22,28-29H,2,15H2,1H3/b23-21-. The van der Waals surface area contributed by atoms with Crippen LogP contribution in [-0.2, 0) is 16.1 Å². The monoisotopic (exact) mass is 430 g/mol. The summed E-state index contributed by atoms with van der Waals surface area (Å²) < 4.78 is 5.43. The van der Waals surface area contributed by atoms with Crippen LogP contribution in [0.25, 0.3) is 5.76 Å². The van der Waals surface area contributed by atoms with Gasteiger partial charge in [-0.15, -0.1) is 0 Å². The molecular formula is C25H22N2O5. The number of Topliss-reactive ketones (excluding diaryl/α,β-unsaturated/α-hetero) is 1. The number of ketones is 1. The van der Waals surface area contributed by atoms with Gasteiger partial charge in [-0.25, -0.2) is 0 Å². The first kappa shape index (κ1) is 21.1.